The summed E-state index contributed by atoms with van der Waals surface area (Å²) in [4.78, 5) is 0. The van der Waals surface area contributed by atoms with Crippen LogP contribution in [-0.2, 0) is 4.74 Å². The number of hydrogen-bond acceptors (Lipinski definition) is 1. The van der Waals surface area contributed by atoms with Gasteiger partial charge in [0.05, 0.1) is 6.61 Å². The fourth-order valence-electron chi connectivity index (χ4n) is 1.21. The first-order valence-corrected chi connectivity index (χ1v) is 4.41. The van der Waals surface area contributed by atoms with Crippen LogP contribution < -0.4 is 0 Å². The lowest BCUT2D eigenvalue weighted by molar-refractivity contribution is 0.0891. The molecule has 1 fully saturated rings. The molecule has 0 spiro atoms. The van der Waals surface area contributed by atoms with E-state index in [-0.39, 0.29) is 0 Å². The second kappa shape index (κ2) is 3.38. The Bertz CT molecular complexity index is 94.9. The maximum absolute atomic E-state index is 5.50. The summed E-state index contributed by atoms with van der Waals surface area (Å²) in [5.74, 6) is 0. The lowest BCUT2D eigenvalue weighted by Crippen LogP contribution is -2.09. The zero-order chi connectivity index (χ0) is 7.45. The number of ether oxygens (including phenoxy) is 1. The molecule has 0 N–H and O–H groups in total. The van der Waals surface area contributed by atoms with Gasteiger partial charge < -0.3 is 4.74 Å². The summed E-state index contributed by atoms with van der Waals surface area (Å²) in [5.41, 5.74) is 0.620. The number of rotatable bonds is 5. The van der Waals surface area contributed by atoms with Crippen LogP contribution in [0.1, 0.15) is 39.5 Å². The predicted molar refractivity (Wildman–Crippen MR) is 43.1 cm³/mol. The fraction of sp³-hybridized carbons (Fsp3) is 1.00. The fourth-order valence-corrected chi connectivity index (χ4v) is 1.21. The minimum Gasteiger partial charge on any atom is -0.381 e. The van der Waals surface area contributed by atoms with E-state index >= 15 is 0 Å². The van der Waals surface area contributed by atoms with E-state index in [0.29, 0.717) is 5.41 Å². The molecule has 0 unspecified atom stereocenters. The molecule has 0 bridgehead atoms. The molecule has 1 saturated carbocycles. The van der Waals surface area contributed by atoms with Crippen LogP contribution in [0, 0.1) is 5.41 Å². The molecule has 0 saturated heterocycles. The van der Waals surface area contributed by atoms with E-state index in [9.17, 15) is 0 Å². The lowest BCUT2D eigenvalue weighted by atomic mass is 10.1. The van der Waals surface area contributed by atoms with Gasteiger partial charge in [-0.2, -0.15) is 0 Å². The Morgan fingerprint density at radius 2 is 2.00 bits per heavy atom. The molecule has 0 amide bonds. The van der Waals surface area contributed by atoms with Gasteiger partial charge in [0.15, 0.2) is 0 Å². The minimum atomic E-state index is 0.620. The largest absolute Gasteiger partial charge is 0.381 e. The topological polar surface area (TPSA) is 9.23 Å². The monoisotopic (exact) mass is 142 g/mol. The molecule has 1 nitrogen and oxygen atoms in total. The zero-order valence-electron chi connectivity index (χ0n) is 7.15. The van der Waals surface area contributed by atoms with Gasteiger partial charge >= 0.3 is 0 Å². The van der Waals surface area contributed by atoms with Gasteiger partial charge in [-0.3, -0.25) is 0 Å². The standard InChI is InChI=1S/C9H18O/c1-3-7-10-8-9(4-2)5-6-9/h3-8H2,1-2H3. The van der Waals surface area contributed by atoms with E-state index in [1.54, 1.807) is 0 Å². The second-order valence-corrected chi connectivity index (χ2v) is 3.41. The van der Waals surface area contributed by atoms with Gasteiger partial charge in [-0.25, -0.2) is 0 Å². The highest BCUT2D eigenvalue weighted by Crippen LogP contribution is 2.48. The van der Waals surface area contributed by atoms with Crippen LogP contribution in [0.2, 0.25) is 0 Å². The predicted octanol–water partition coefficient (Wildman–Crippen LogP) is 2.60. The molecule has 0 aromatic rings. The molecule has 1 aliphatic carbocycles. The highest BCUT2D eigenvalue weighted by molar-refractivity contribution is 4.91. The normalized spacial score (nSPS) is 21.0. The summed E-state index contributed by atoms with van der Waals surface area (Å²) in [5, 5.41) is 0. The van der Waals surface area contributed by atoms with E-state index in [1.807, 2.05) is 0 Å². The van der Waals surface area contributed by atoms with Crippen molar-refractivity contribution in [1.82, 2.24) is 0 Å². The molecule has 60 valence electrons. The molecular weight excluding hydrogens is 124 g/mol. The first kappa shape index (κ1) is 8.06. The summed E-state index contributed by atoms with van der Waals surface area (Å²) in [6.45, 7) is 6.38. The maximum atomic E-state index is 5.50. The molecular formula is C9H18O. The van der Waals surface area contributed by atoms with Crippen LogP contribution in [0.3, 0.4) is 0 Å². The van der Waals surface area contributed by atoms with E-state index in [2.05, 4.69) is 13.8 Å². The quantitative estimate of drug-likeness (QED) is 0.536. The lowest BCUT2D eigenvalue weighted by Gasteiger charge is -2.11. The number of hydrogen-bond donors (Lipinski definition) is 0. The molecule has 1 heteroatoms. The van der Waals surface area contributed by atoms with Gasteiger partial charge in [0.1, 0.15) is 0 Å². The summed E-state index contributed by atoms with van der Waals surface area (Å²) in [6.07, 6.45) is 5.25. The molecule has 0 aliphatic heterocycles. The zero-order valence-corrected chi connectivity index (χ0v) is 7.15. The highest BCUT2D eigenvalue weighted by Gasteiger charge is 2.40. The van der Waals surface area contributed by atoms with Gasteiger partial charge in [-0.1, -0.05) is 13.8 Å². The molecule has 0 radical (unpaired) electrons. The summed E-state index contributed by atoms with van der Waals surface area (Å²) < 4.78 is 5.50. The Balaban J connectivity index is 2.01. The van der Waals surface area contributed by atoms with Gasteiger partial charge in [-0.05, 0) is 31.1 Å². The van der Waals surface area contributed by atoms with E-state index < -0.39 is 0 Å². The summed E-state index contributed by atoms with van der Waals surface area (Å²) >= 11 is 0. The van der Waals surface area contributed by atoms with Crippen LogP contribution in [-0.4, -0.2) is 13.2 Å². The average molecular weight is 142 g/mol. The Labute approximate surface area is 63.8 Å². The average Bonchev–Trinajstić information content (AvgIpc) is 2.70. The van der Waals surface area contributed by atoms with Crippen LogP contribution in [0.25, 0.3) is 0 Å². The van der Waals surface area contributed by atoms with Crippen molar-refractivity contribution in [3.8, 4) is 0 Å². The molecule has 10 heavy (non-hydrogen) atoms. The van der Waals surface area contributed by atoms with Crippen LogP contribution >= 0.6 is 0 Å². The van der Waals surface area contributed by atoms with Crippen LogP contribution in [0.4, 0.5) is 0 Å². The third-order valence-corrected chi connectivity index (χ3v) is 2.46. The molecule has 0 atom stereocenters. The molecule has 0 heterocycles. The maximum Gasteiger partial charge on any atom is 0.0522 e. The van der Waals surface area contributed by atoms with Crippen LogP contribution in [0.5, 0.6) is 0 Å². The van der Waals surface area contributed by atoms with Crippen molar-refractivity contribution < 1.29 is 4.74 Å². The van der Waals surface area contributed by atoms with Crippen molar-refractivity contribution in [2.45, 2.75) is 39.5 Å². The third-order valence-electron chi connectivity index (χ3n) is 2.46. The van der Waals surface area contributed by atoms with Crippen molar-refractivity contribution in [2.24, 2.45) is 5.41 Å². The molecule has 0 aromatic heterocycles. The van der Waals surface area contributed by atoms with Crippen molar-refractivity contribution in [3.63, 3.8) is 0 Å². The Hall–Kier alpha value is -0.0400. The van der Waals surface area contributed by atoms with E-state index in [0.717, 1.165) is 19.6 Å². The Morgan fingerprint density at radius 1 is 1.30 bits per heavy atom. The smallest absolute Gasteiger partial charge is 0.0522 e. The second-order valence-electron chi connectivity index (χ2n) is 3.41. The summed E-state index contributed by atoms with van der Waals surface area (Å²) in [7, 11) is 0. The molecule has 0 aromatic carbocycles. The molecule has 1 rings (SSSR count). The van der Waals surface area contributed by atoms with E-state index in [4.69, 9.17) is 4.74 Å². The van der Waals surface area contributed by atoms with Crippen LogP contribution in [0.15, 0.2) is 0 Å². The first-order valence-electron chi connectivity index (χ1n) is 4.41. The molecule has 1 aliphatic rings. The van der Waals surface area contributed by atoms with Gasteiger partial charge in [0.25, 0.3) is 0 Å². The minimum absolute atomic E-state index is 0.620. The SMILES string of the molecule is CCCOCC1(CC)CC1. The third kappa shape index (κ3) is 1.98. The Kier molecular flexibility index (Phi) is 2.72. The van der Waals surface area contributed by atoms with Crippen molar-refractivity contribution in [1.29, 1.82) is 0 Å². The Morgan fingerprint density at radius 3 is 2.40 bits per heavy atom. The first-order chi connectivity index (χ1) is 4.83. The van der Waals surface area contributed by atoms with Crippen molar-refractivity contribution in [3.05, 3.63) is 0 Å². The van der Waals surface area contributed by atoms with Crippen molar-refractivity contribution >= 4 is 0 Å². The van der Waals surface area contributed by atoms with Gasteiger partial charge in [-0.15, -0.1) is 0 Å². The highest BCUT2D eigenvalue weighted by atomic mass is 16.5. The van der Waals surface area contributed by atoms with Gasteiger partial charge in [0.2, 0.25) is 0 Å². The van der Waals surface area contributed by atoms with Gasteiger partial charge in [0, 0.05) is 6.61 Å². The summed E-state index contributed by atoms with van der Waals surface area (Å²) in [6, 6.07) is 0. The van der Waals surface area contributed by atoms with Crippen molar-refractivity contribution in [2.75, 3.05) is 13.2 Å². The van der Waals surface area contributed by atoms with E-state index in [1.165, 1.54) is 19.3 Å².